The summed E-state index contributed by atoms with van der Waals surface area (Å²) in [5.74, 6) is 2.85. The second-order valence-electron chi connectivity index (χ2n) is 8.96. The molecule has 200 valence electrons. The van der Waals surface area contributed by atoms with Crippen LogP contribution in [0.5, 0.6) is 0 Å². The zero-order valence-electron chi connectivity index (χ0n) is 21.0. The Morgan fingerprint density at radius 2 is 1.82 bits per heavy atom. The monoisotopic (exact) mass is 550 g/mol. The number of thioether (sulfide) groups is 1. The highest BCUT2D eigenvalue weighted by Crippen LogP contribution is 2.30. The van der Waals surface area contributed by atoms with Crippen molar-refractivity contribution in [1.82, 2.24) is 15.0 Å². The summed E-state index contributed by atoms with van der Waals surface area (Å²) in [6.07, 6.45) is -1.08. The van der Waals surface area contributed by atoms with Crippen molar-refractivity contribution in [2.75, 3.05) is 40.1 Å². The number of nitrogens with one attached hydrogen (secondary N) is 2. The number of benzene rings is 2. The Kier molecular flexibility index (Phi) is 7.69. The summed E-state index contributed by atoms with van der Waals surface area (Å²) in [5.41, 5.74) is 2.51. The van der Waals surface area contributed by atoms with Gasteiger partial charge in [-0.05, 0) is 61.0 Å². The number of aryl methyl sites for hydroxylation is 1. The van der Waals surface area contributed by atoms with Crippen molar-refractivity contribution in [1.29, 1.82) is 0 Å². The van der Waals surface area contributed by atoms with Gasteiger partial charge in [-0.3, -0.25) is 4.79 Å². The number of hydrogen-bond donors (Lipinski definition) is 2. The van der Waals surface area contributed by atoms with Gasteiger partial charge >= 0.3 is 6.18 Å². The molecule has 0 radical (unpaired) electrons. The van der Waals surface area contributed by atoms with Crippen molar-refractivity contribution in [3.05, 3.63) is 89.7 Å². The Balaban J connectivity index is 1.30. The van der Waals surface area contributed by atoms with Gasteiger partial charge in [0, 0.05) is 59.5 Å². The third kappa shape index (κ3) is 6.48. The molecule has 1 saturated heterocycles. The molecule has 7 nitrogen and oxygen atoms in total. The van der Waals surface area contributed by atoms with Gasteiger partial charge in [0.25, 0.3) is 5.91 Å². The summed E-state index contributed by atoms with van der Waals surface area (Å²) in [6.45, 7) is 3.85. The van der Waals surface area contributed by atoms with E-state index < -0.39 is 17.6 Å². The molecule has 0 bridgehead atoms. The highest BCUT2D eigenvalue weighted by atomic mass is 32.2. The van der Waals surface area contributed by atoms with Crippen molar-refractivity contribution in [3.8, 4) is 11.3 Å². The third-order valence-electron chi connectivity index (χ3n) is 6.23. The van der Waals surface area contributed by atoms with Crippen molar-refractivity contribution in [2.45, 2.75) is 13.1 Å². The maximum absolute atomic E-state index is 13.0. The van der Waals surface area contributed by atoms with Crippen LogP contribution >= 0.6 is 11.8 Å². The molecule has 5 rings (SSSR count). The van der Waals surface area contributed by atoms with E-state index >= 15 is 0 Å². The van der Waals surface area contributed by atoms with Gasteiger partial charge in [-0.25, -0.2) is 15.0 Å². The summed E-state index contributed by atoms with van der Waals surface area (Å²) in [5, 5.41) is 5.83. The number of hydrogen-bond acceptors (Lipinski definition) is 7. The SMILES string of the molecule is Cc1ccc(NC(=O)c2cccc(C(F)(F)F)c2)cc1Nc1nccc(-c2ccc(N3CCSCC3)nc2)n1. The van der Waals surface area contributed by atoms with Crippen LogP contribution in [0.2, 0.25) is 0 Å². The van der Waals surface area contributed by atoms with Crippen LogP contribution in [0.25, 0.3) is 11.3 Å². The number of carbonyl (C=O) groups excluding carboxylic acids is 1. The molecule has 11 heteroatoms. The summed E-state index contributed by atoms with van der Waals surface area (Å²) < 4.78 is 39.1. The zero-order chi connectivity index (χ0) is 27.4. The van der Waals surface area contributed by atoms with E-state index in [-0.39, 0.29) is 5.56 Å². The molecule has 4 aromatic rings. The third-order valence-corrected chi connectivity index (χ3v) is 7.17. The molecule has 0 unspecified atom stereocenters. The molecule has 0 saturated carbocycles. The van der Waals surface area contributed by atoms with Crippen molar-refractivity contribution in [2.24, 2.45) is 0 Å². The van der Waals surface area contributed by atoms with Gasteiger partial charge in [0.15, 0.2) is 0 Å². The highest BCUT2D eigenvalue weighted by molar-refractivity contribution is 7.99. The van der Waals surface area contributed by atoms with Gasteiger partial charge in [0.1, 0.15) is 5.82 Å². The Bertz CT molecular complexity index is 1470. The molecular weight excluding hydrogens is 525 g/mol. The number of rotatable bonds is 6. The Labute approximate surface area is 227 Å². The van der Waals surface area contributed by atoms with Crippen LogP contribution in [-0.2, 0) is 6.18 Å². The number of carbonyl (C=O) groups is 1. The average Bonchev–Trinajstić information content (AvgIpc) is 2.95. The fraction of sp³-hybridized carbons (Fsp3) is 0.214. The number of alkyl halides is 3. The summed E-state index contributed by atoms with van der Waals surface area (Å²) in [6, 6.07) is 15.2. The zero-order valence-corrected chi connectivity index (χ0v) is 21.8. The lowest BCUT2D eigenvalue weighted by atomic mass is 10.1. The van der Waals surface area contributed by atoms with Crippen LogP contribution < -0.4 is 15.5 Å². The first kappa shape index (κ1) is 26.5. The number of halogens is 3. The minimum absolute atomic E-state index is 0.0882. The van der Waals surface area contributed by atoms with Crippen molar-refractivity contribution >= 4 is 40.8 Å². The summed E-state index contributed by atoms with van der Waals surface area (Å²) in [7, 11) is 0. The van der Waals surface area contributed by atoms with Crippen LogP contribution in [0.1, 0.15) is 21.5 Å². The normalized spacial score (nSPS) is 13.7. The molecular formula is C28H25F3N6OS. The second-order valence-corrected chi connectivity index (χ2v) is 10.2. The fourth-order valence-electron chi connectivity index (χ4n) is 4.09. The molecule has 3 heterocycles. The number of aromatic nitrogens is 3. The summed E-state index contributed by atoms with van der Waals surface area (Å²) in [4.78, 5) is 28.5. The Hall–Kier alpha value is -4.12. The lowest BCUT2D eigenvalue weighted by Crippen LogP contribution is -2.32. The van der Waals surface area contributed by atoms with Crippen LogP contribution in [0.15, 0.2) is 73.1 Å². The maximum Gasteiger partial charge on any atom is 0.416 e. The van der Waals surface area contributed by atoms with E-state index in [1.54, 1.807) is 36.7 Å². The molecule has 2 N–H and O–H groups in total. The van der Waals surface area contributed by atoms with E-state index in [1.807, 2.05) is 30.8 Å². The van der Waals surface area contributed by atoms with Crippen LogP contribution in [0, 0.1) is 6.92 Å². The van der Waals surface area contributed by atoms with E-state index in [0.717, 1.165) is 53.7 Å². The summed E-state index contributed by atoms with van der Waals surface area (Å²) >= 11 is 1.95. The first-order valence-corrected chi connectivity index (χ1v) is 13.4. The Morgan fingerprint density at radius 3 is 2.56 bits per heavy atom. The predicted molar refractivity (Wildman–Crippen MR) is 149 cm³/mol. The van der Waals surface area contributed by atoms with Gasteiger partial charge in [0.05, 0.1) is 11.3 Å². The van der Waals surface area contributed by atoms with Crippen molar-refractivity contribution < 1.29 is 18.0 Å². The first-order chi connectivity index (χ1) is 18.8. The van der Waals surface area contributed by atoms with Crippen molar-refractivity contribution in [3.63, 3.8) is 0 Å². The second kappa shape index (κ2) is 11.3. The molecule has 2 aromatic carbocycles. The topological polar surface area (TPSA) is 83.0 Å². The molecule has 1 fully saturated rings. The van der Waals surface area contributed by atoms with Gasteiger partial charge in [-0.1, -0.05) is 12.1 Å². The molecule has 2 aromatic heterocycles. The molecule has 0 aliphatic carbocycles. The van der Waals surface area contributed by atoms with Gasteiger partial charge < -0.3 is 15.5 Å². The van der Waals surface area contributed by atoms with Crippen LogP contribution in [0.3, 0.4) is 0 Å². The minimum atomic E-state index is -4.53. The van der Waals surface area contributed by atoms with E-state index in [2.05, 4.69) is 30.5 Å². The number of anilines is 4. The maximum atomic E-state index is 13.0. The predicted octanol–water partition coefficient (Wildman–Crippen LogP) is 6.41. The minimum Gasteiger partial charge on any atom is -0.355 e. The van der Waals surface area contributed by atoms with Crippen LogP contribution in [0.4, 0.5) is 36.3 Å². The molecule has 0 spiro atoms. The highest BCUT2D eigenvalue weighted by Gasteiger charge is 2.31. The molecule has 39 heavy (non-hydrogen) atoms. The number of pyridine rings is 1. The van der Waals surface area contributed by atoms with E-state index in [0.29, 0.717) is 23.0 Å². The van der Waals surface area contributed by atoms with E-state index in [9.17, 15) is 18.0 Å². The van der Waals surface area contributed by atoms with Crippen LogP contribution in [-0.4, -0.2) is 45.5 Å². The van der Waals surface area contributed by atoms with E-state index in [1.165, 1.54) is 12.1 Å². The lowest BCUT2D eigenvalue weighted by molar-refractivity contribution is -0.137. The molecule has 0 atom stereocenters. The Morgan fingerprint density at radius 1 is 1.00 bits per heavy atom. The number of nitrogens with zero attached hydrogens (tertiary/aromatic N) is 4. The quantitative estimate of drug-likeness (QED) is 0.287. The average molecular weight is 551 g/mol. The standard InChI is InChI=1S/C28H25F3N6OS/c1-18-5-7-22(34-26(38)19-3-2-4-21(15-19)28(29,30)31)16-24(18)36-27-32-10-9-23(35-27)20-6-8-25(33-17-20)37-11-13-39-14-12-37/h2-10,15-17H,11-14H2,1H3,(H,34,38)(H,32,35,36). The molecule has 1 amide bonds. The molecule has 1 aliphatic heterocycles. The lowest BCUT2D eigenvalue weighted by Gasteiger charge is -2.27. The van der Waals surface area contributed by atoms with Gasteiger partial charge in [-0.15, -0.1) is 0 Å². The van der Waals surface area contributed by atoms with E-state index in [4.69, 9.17) is 0 Å². The first-order valence-electron chi connectivity index (χ1n) is 12.2. The number of amides is 1. The fourth-order valence-corrected chi connectivity index (χ4v) is 4.99. The van der Waals surface area contributed by atoms with Gasteiger partial charge in [0.2, 0.25) is 5.95 Å². The van der Waals surface area contributed by atoms with Gasteiger partial charge in [-0.2, -0.15) is 24.9 Å². The smallest absolute Gasteiger partial charge is 0.355 e. The largest absolute Gasteiger partial charge is 0.416 e. The molecule has 1 aliphatic rings.